The molecule has 0 aliphatic carbocycles. The van der Waals surface area contributed by atoms with Gasteiger partial charge in [0.2, 0.25) is 17.6 Å². The largest absolute Gasteiger partial charge is 0.462 e. The lowest BCUT2D eigenvalue weighted by Crippen LogP contribution is -2.40. The molecule has 8 nitrogen and oxygen atoms in total. The number of hydrogen-bond acceptors (Lipinski definition) is 7. The Bertz CT molecular complexity index is 1160. The van der Waals surface area contributed by atoms with Gasteiger partial charge in [-0.25, -0.2) is 4.79 Å². The lowest BCUT2D eigenvalue weighted by molar-refractivity contribution is -0.121. The Kier molecular flexibility index (Phi) is 7.59. The number of hydrogen-bond donors (Lipinski definition) is 1. The van der Waals surface area contributed by atoms with E-state index >= 15 is 0 Å². The number of carbonyl (C=O) groups is 2. The number of likely N-dealkylation sites (tertiary alicyclic amines) is 1. The summed E-state index contributed by atoms with van der Waals surface area (Å²) in [7, 11) is 0. The molecule has 3 aromatic rings. The standard InChI is InChI=1S/C25H27ClN4O4/c1-3-33-25(32)20-13-19(10-11-21(20)26)27-24(31)18-5-4-12-30(14-18)15-22-28-23(29-34-22)17-8-6-16(2)7-9-17/h6-11,13,18H,3-5,12,14-15H2,1-2H3,(H,27,31). The van der Waals surface area contributed by atoms with Gasteiger partial charge < -0.3 is 14.6 Å². The van der Waals surface area contributed by atoms with E-state index in [1.54, 1.807) is 25.1 Å². The van der Waals surface area contributed by atoms with E-state index in [-0.39, 0.29) is 29.0 Å². The fourth-order valence-corrected chi connectivity index (χ4v) is 4.15. The van der Waals surface area contributed by atoms with Crippen molar-refractivity contribution in [3.05, 3.63) is 64.5 Å². The molecule has 1 amide bonds. The minimum Gasteiger partial charge on any atom is -0.462 e. The number of carbonyl (C=O) groups excluding carboxylic acids is 2. The average Bonchev–Trinajstić information content (AvgIpc) is 3.29. The van der Waals surface area contributed by atoms with Crippen LogP contribution in [0.2, 0.25) is 5.02 Å². The zero-order valence-corrected chi connectivity index (χ0v) is 20.0. The summed E-state index contributed by atoms with van der Waals surface area (Å²) in [5, 5.41) is 7.28. The third-order valence-electron chi connectivity index (χ3n) is 5.74. The molecule has 4 rings (SSSR count). The Balaban J connectivity index is 1.37. The number of nitrogens with zero attached hydrogens (tertiary/aromatic N) is 3. The van der Waals surface area contributed by atoms with Crippen molar-refractivity contribution in [3.63, 3.8) is 0 Å². The number of amides is 1. The molecule has 0 saturated carbocycles. The zero-order chi connectivity index (χ0) is 24.1. The van der Waals surface area contributed by atoms with Crippen LogP contribution in [0, 0.1) is 12.8 Å². The minimum atomic E-state index is -0.517. The van der Waals surface area contributed by atoms with Gasteiger partial charge >= 0.3 is 5.97 Å². The lowest BCUT2D eigenvalue weighted by Gasteiger charge is -2.30. The molecule has 9 heteroatoms. The molecule has 1 N–H and O–H groups in total. The van der Waals surface area contributed by atoms with Crippen LogP contribution in [-0.2, 0) is 16.1 Å². The van der Waals surface area contributed by atoms with E-state index in [2.05, 4.69) is 20.4 Å². The Hall–Kier alpha value is -3.23. The molecular weight excluding hydrogens is 456 g/mol. The molecule has 1 aliphatic rings. The first-order valence-electron chi connectivity index (χ1n) is 11.3. The van der Waals surface area contributed by atoms with Gasteiger partial charge in [-0.2, -0.15) is 4.98 Å². The molecule has 1 atom stereocenters. The van der Waals surface area contributed by atoms with Gasteiger partial charge in [0.05, 0.1) is 29.7 Å². The van der Waals surface area contributed by atoms with E-state index in [1.807, 2.05) is 31.2 Å². The molecule has 1 saturated heterocycles. The summed E-state index contributed by atoms with van der Waals surface area (Å²) in [5.74, 6) is 0.259. The number of piperidine rings is 1. The van der Waals surface area contributed by atoms with Crippen molar-refractivity contribution in [2.24, 2.45) is 5.92 Å². The fourth-order valence-electron chi connectivity index (χ4n) is 3.96. The number of aromatic nitrogens is 2. The maximum absolute atomic E-state index is 12.9. The number of ether oxygens (including phenoxy) is 1. The van der Waals surface area contributed by atoms with Crippen LogP contribution in [0.25, 0.3) is 11.4 Å². The number of halogens is 1. The number of esters is 1. The first-order valence-corrected chi connectivity index (χ1v) is 11.7. The maximum atomic E-state index is 12.9. The number of benzene rings is 2. The van der Waals surface area contributed by atoms with Crippen LogP contribution in [0.3, 0.4) is 0 Å². The molecule has 34 heavy (non-hydrogen) atoms. The van der Waals surface area contributed by atoms with Crippen molar-refractivity contribution >= 4 is 29.2 Å². The van der Waals surface area contributed by atoms with E-state index in [1.165, 1.54) is 5.56 Å². The van der Waals surface area contributed by atoms with E-state index in [4.69, 9.17) is 20.9 Å². The lowest BCUT2D eigenvalue weighted by atomic mass is 9.97. The van der Waals surface area contributed by atoms with E-state index in [0.29, 0.717) is 30.5 Å². The Labute approximate surface area is 203 Å². The highest BCUT2D eigenvalue weighted by Gasteiger charge is 2.27. The molecule has 1 aromatic heterocycles. The average molecular weight is 483 g/mol. The van der Waals surface area contributed by atoms with Crippen molar-refractivity contribution in [2.45, 2.75) is 33.2 Å². The van der Waals surface area contributed by atoms with Crippen LogP contribution in [-0.4, -0.2) is 46.6 Å². The number of rotatable bonds is 7. The molecule has 2 aromatic carbocycles. The highest BCUT2D eigenvalue weighted by molar-refractivity contribution is 6.33. The van der Waals surface area contributed by atoms with Crippen LogP contribution in [0.5, 0.6) is 0 Å². The third kappa shape index (κ3) is 5.81. The second-order valence-corrected chi connectivity index (χ2v) is 8.76. The summed E-state index contributed by atoms with van der Waals surface area (Å²) >= 11 is 6.12. The summed E-state index contributed by atoms with van der Waals surface area (Å²) in [6.45, 7) is 5.91. The van der Waals surface area contributed by atoms with E-state index < -0.39 is 5.97 Å². The Morgan fingerprint density at radius 2 is 2.03 bits per heavy atom. The van der Waals surface area contributed by atoms with Crippen LogP contribution in [0.15, 0.2) is 47.0 Å². The predicted octanol–water partition coefficient (Wildman–Crippen LogP) is 4.73. The van der Waals surface area contributed by atoms with Crippen molar-refractivity contribution < 1.29 is 18.8 Å². The van der Waals surface area contributed by atoms with Crippen molar-refractivity contribution in [2.75, 3.05) is 25.0 Å². The molecule has 2 heterocycles. The SMILES string of the molecule is CCOC(=O)c1cc(NC(=O)C2CCCN(Cc3nc(-c4ccc(C)cc4)no3)C2)ccc1Cl. The van der Waals surface area contributed by atoms with E-state index in [0.717, 1.165) is 24.9 Å². The van der Waals surface area contributed by atoms with Gasteiger partial charge in [-0.1, -0.05) is 46.6 Å². The first kappa shape index (κ1) is 23.9. The quantitative estimate of drug-likeness (QED) is 0.486. The summed E-state index contributed by atoms with van der Waals surface area (Å²) in [4.78, 5) is 31.7. The van der Waals surface area contributed by atoms with Crippen molar-refractivity contribution in [3.8, 4) is 11.4 Å². The molecule has 0 spiro atoms. The smallest absolute Gasteiger partial charge is 0.339 e. The van der Waals surface area contributed by atoms with Crippen LogP contribution < -0.4 is 5.32 Å². The Morgan fingerprint density at radius 1 is 1.24 bits per heavy atom. The molecule has 178 valence electrons. The van der Waals surface area contributed by atoms with Gasteiger partial charge in [0.1, 0.15) is 0 Å². The van der Waals surface area contributed by atoms with Gasteiger partial charge in [-0.15, -0.1) is 0 Å². The minimum absolute atomic E-state index is 0.104. The highest BCUT2D eigenvalue weighted by Crippen LogP contribution is 2.24. The van der Waals surface area contributed by atoms with Crippen LogP contribution in [0.1, 0.15) is 41.6 Å². The maximum Gasteiger partial charge on any atom is 0.339 e. The molecule has 1 unspecified atom stereocenters. The van der Waals surface area contributed by atoms with Gasteiger partial charge in [0.15, 0.2) is 0 Å². The molecule has 0 radical (unpaired) electrons. The molecular formula is C25H27ClN4O4. The van der Waals surface area contributed by atoms with Crippen molar-refractivity contribution in [1.29, 1.82) is 0 Å². The monoisotopic (exact) mass is 482 g/mol. The normalized spacial score (nSPS) is 16.3. The number of anilines is 1. The number of aryl methyl sites for hydroxylation is 1. The molecule has 1 aliphatic heterocycles. The second-order valence-electron chi connectivity index (χ2n) is 8.36. The second kappa shape index (κ2) is 10.8. The number of nitrogens with one attached hydrogen (secondary N) is 1. The van der Waals surface area contributed by atoms with Crippen molar-refractivity contribution in [1.82, 2.24) is 15.0 Å². The first-order chi connectivity index (χ1) is 16.4. The van der Waals surface area contributed by atoms with Crippen LogP contribution in [0.4, 0.5) is 5.69 Å². The van der Waals surface area contributed by atoms with E-state index in [9.17, 15) is 9.59 Å². The summed E-state index contributed by atoms with van der Waals surface area (Å²) in [5.41, 5.74) is 2.81. The summed E-state index contributed by atoms with van der Waals surface area (Å²) in [6, 6.07) is 12.8. The molecule has 0 bridgehead atoms. The molecule has 1 fully saturated rings. The summed E-state index contributed by atoms with van der Waals surface area (Å²) < 4.78 is 10.5. The predicted molar refractivity (Wildman–Crippen MR) is 129 cm³/mol. The summed E-state index contributed by atoms with van der Waals surface area (Å²) in [6.07, 6.45) is 1.66. The Morgan fingerprint density at radius 3 is 2.79 bits per heavy atom. The fraction of sp³-hybridized carbons (Fsp3) is 0.360. The van der Waals surface area contributed by atoms with Gasteiger partial charge in [-0.3, -0.25) is 9.69 Å². The van der Waals surface area contributed by atoms with Crippen LogP contribution >= 0.6 is 11.6 Å². The van der Waals surface area contributed by atoms with Gasteiger partial charge in [-0.05, 0) is 51.4 Å². The third-order valence-corrected chi connectivity index (χ3v) is 6.07. The topological polar surface area (TPSA) is 97.6 Å². The highest BCUT2D eigenvalue weighted by atomic mass is 35.5. The zero-order valence-electron chi connectivity index (χ0n) is 19.2. The van der Waals surface area contributed by atoms with Gasteiger partial charge in [0, 0.05) is 17.8 Å². The van der Waals surface area contributed by atoms with Gasteiger partial charge in [0.25, 0.3) is 0 Å².